The van der Waals surface area contributed by atoms with E-state index in [1.807, 2.05) is 0 Å². The Morgan fingerprint density at radius 3 is 2.54 bits per heavy atom. The van der Waals surface area contributed by atoms with E-state index in [0.717, 1.165) is 17.4 Å². The first-order valence-corrected chi connectivity index (χ1v) is 10.5. The Morgan fingerprint density at radius 2 is 1.86 bits per heavy atom. The third-order valence-corrected chi connectivity index (χ3v) is 6.72. The van der Waals surface area contributed by atoms with Crippen LogP contribution >= 0.6 is 0 Å². The van der Waals surface area contributed by atoms with E-state index in [4.69, 9.17) is 0 Å². The Labute approximate surface area is 162 Å². The topological polar surface area (TPSA) is 88.5 Å². The van der Waals surface area contributed by atoms with Crippen LogP contribution in [0.3, 0.4) is 0 Å². The highest BCUT2D eigenvalue weighted by atomic mass is 32.2. The van der Waals surface area contributed by atoms with E-state index >= 15 is 0 Å². The van der Waals surface area contributed by atoms with Crippen molar-refractivity contribution in [3.8, 4) is 0 Å². The molecule has 3 rings (SSSR count). The van der Waals surface area contributed by atoms with Gasteiger partial charge in [-0.1, -0.05) is 19.1 Å². The van der Waals surface area contributed by atoms with E-state index in [9.17, 15) is 22.4 Å². The number of benzene rings is 1. The second-order valence-electron chi connectivity index (χ2n) is 6.92. The number of pyridine rings is 1. The number of hydrogen-bond acceptors (Lipinski definition) is 4. The number of aromatic nitrogens is 1. The molecule has 1 amide bonds. The quantitative estimate of drug-likeness (QED) is 0.822. The maximum atomic E-state index is 13.7. The molecule has 1 aromatic heterocycles. The van der Waals surface area contributed by atoms with Gasteiger partial charge in [0.2, 0.25) is 15.9 Å². The van der Waals surface area contributed by atoms with Crippen LogP contribution in [-0.2, 0) is 21.4 Å². The van der Waals surface area contributed by atoms with Crippen LogP contribution in [-0.4, -0.2) is 36.3 Å². The van der Waals surface area contributed by atoms with Crippen molar-refractivity contribution in [2.45, 2.75) is 31.2 Å². The lowest BCUT2D eigenvalue weighted by Gasteiger charge is -2.29. The molecule has 1 aliphatic rings. The molecule has 0 aliphatic carbocycles. The average molecular weight is 407 g/mol. The maximum Gasteiger partial charge on any atom is 0.271 e. The predicted octanol–water partition coefficient (Wildman–Crippen LogP) is 2.05. The van der Waals surface area contributed by atoms with Crippen LogP contribution in [0.25, 0.3) is 0 Å². The molecule has 1 saturated heterocycles. The van der Waals surface area contributed by atoms with Gasteiger partial charge in [0.05, 0.1) is 5.69 Å². The number of carbonyl (C=O) groups excluding carboxylic acids is 1. The molecule has 150 valence electrons. The minimum absolute atomic E-state index is 0.00763. The number of sulfonamides is 1. The van der Waals surface area contributed by atoms with Crippen molar-refractivity contribution >= 4 is 21.6 Å². The molecule has 7 nitrogen and oxygen atoms in total. The summed E-state index contributed by atoms with van der Waals surface area (Å²) in [7, 11) is -3.93. The van der Waals surface area contributed by atoms with Crippen molar-refractivity contribution in [3.05, 3.63) is 58.8 Å². The highest BCUT2D eigenvalue weighted by Crippen LogP contribution is 2.21. The third-order valence-electron chi connectivity index (χ3n) is 4.81. The van der Waals surface area contributed by atoms with Crippen molar-refractivity contribution in [2.75, 3.05) is 18.4 Å². The Balaban J connectivity index is 1.80. The van der Waals surface area contributed by atoms with Gasteiger partial charge in [0.25, 0.3) is 5.56 Å². The van der Waals surface area contributed by atoms with Gasteiger partial charge >= 0.3 is 0 Å². The minimum Gasteiger partial charge on any atom is -0.322 e. The average Bonchev–Trinajstić information content (AvgIpc) is 2.65. The summed E-state index contributed by atoms with van der Waals surface area (Å²) >= 11 is 0. The lowest BCUT2D eigenvalue weighted by molar-refractivity contribution is -0.116. The summed E-state index contributed by atoms with van der Waals surface area (Å²) in [5.41, 5.74) is -0.781. The van der Waals surface area contributed by atoms with Crippen molar-refractivity contribution in [1.29, 1.82) is 0 Å². The zero-order chi connectivity index (χ0) is 20.3. The van der Waals surface area contributed by atoms with E-state index < -0.39 is 33.9 Å². The molecule has 0 spiro atoms. The fourth-order valence-electron chi connectivity index (χ4n) is 3.11. The van der Waals surface area contributed by atoms with Crippen molar-refractivity contribution in [3.63, 3.8) is 0 Å². The zero-order valence-corrected chi connectivity index (χ0v) is 16.3. The summed E-state index contributed by atoms with van der Waals surface area (Å²) in [6.45, 7) is 2.37. The van der Waals surface area contributed by atoms with Crippen LogP contribution in [0.5, 0.6) is 0 Å². The summed E-state index contributed by atoms with van der Waals surface area (Å²) in [4.78, 5) is 24.5. The first-order chi connectivity index (χ1) is 13.3. The van der Waals surface area contributed by atoms with Crippen molar-refractivity contribution in [1.82, 2.24) is 8.87 Å². The summed E-state index contributed by atoms with van der Waals surface area (Å²) in [6.07, 6.45) is 2.82. The number of halogens is 1. The number of nitrogens with zero attached hydrogens (tertiary/aromatic N) is 2. The molecule has 1 N–H and O–H groups in total. The van der Waals surface area contributed by atoms with E-state index in [0.29, 0.717) is 19.0 Å². The number of nitrogens with one attached hydrogen (secondary N) is 1. The Hall–Kier alpha value is -2.52. The number of hydrogen-bond donors (Lipinski definition) is 1. The number of piperidine rings is 1. The van der Waals surface area contributed by atoms with Gasteiger partial charge in [-0.25, -0.2) is 12.8 Å². The lowest BCUT2D eigenvalue weighted by atomic mass is 10.0. The molecule has 2 heterocycles. The molecule has 0 bridgehead atoms. The largest absolute Gasteiger partial charge is 0.322 e. The molecule has 28 heavy (non-hydrogen) atoms. The zero-order valence-electron chi connectivity index (χ0n) is 15.5. The Kier molecular flexibility index (Phi) is 5.95. The first-order valence-electron chi connectivity index (χ1n) is 9.03. The second kappa shape index (κ2) is 8.24. The molecule has 1 aromatic carbocycles. The van der Waals surface area contributed by atoms with Crippen molar-refractivity contribution in [2.24, 2.45) is 5.92 Å². The van der Waals surface area contributed by atoms with E-state index in [1.54, 1.807) is 6.07 Å². The minimum atomic E-state index is -3.93. The summed E-state index contributed by atoms with van der Waals surface area (Å²) in [6, 6.07) is 8.32. The van der Waals surface area contributed by atoms with Crippen molar-refractivity contribution < 1.29 is 17.6 Å². The molecular formula is C19H22FN3O4S. The van der Waals surface area contributed by atoms with Gasteiger partial charge in [-0.15, -0.1) is 0 Å². The summed E-state index contributed by atoms with van der Waals surface area (Å²) < 4.78 is 41.7. The van der Waals surface area contributed by atoms with Crippen LogP contribution in [0.2, 0.25) is 0 Å². The van der Waals surface area contributed by atoms with Gasteiger partial charge in [-0.3, -0.25) is 9.59 Å². The number of amides is 1. The van der Waals surface area contributed by atoms with Crippen LogP contribution in [0.4, 0.5) is 10.1 Å². The molecule has 0 saturated carbocycles. The second-order valence-corrected chi connectivity index (χ2v) is 8.83. The third kappa shape index (κ3) is 4.31. The first kappa shape index (κ1) is 20.2. The fourth-order valence-corrected chi connectivity index (χ4v) is 4.67. The smallest absolute Gasteiger partial charge is 0.271 e. The molecule has 1 fully saturated rings. The van der Waals surface area contributed by atoms with Gasteiger partial charge in [0, 0.05) is 19.3 Å². The van der Waals surface area contributed by atoms with Gasteiger partial charge in [-0.2, -0.15) is 4.31 Å². The number of carbonyl (C=O) groups is 1. The number of para-hydroxylation sites is 1. The van der Waals surface area contributed by atoms with Gasteiger partial charge in [0.1, 0.15) is 17.3 Å². The fraction of sp³-hybridized carbons (Fsp3) is 0.368. The van der Waals surface area contributed by atoms with Gasteiger partial charge < -0.3 is 9.88 Å². The standard InChI is InChI=1S/C19H22FN3O4S/c1-14-8-11-23(12-9-14)28(26,27)17-7-4-10-22(19(17)25)13-18(24)21-16-6-3-2-5-15(16)20/h2-7,10,14H,8-9,11-13H2,1H3,(H,21,24). The number of anilines is 1. The van der Waals surface area contributed by atoms with Crippen LogP contribution in [0, 0.1) is 11.7 Å². The summed E-state index contributed by atoms with van der Waals surface area (Å²) in [5.74, 6) is -0.784. The highest BCUT2D eigenvalue weighted by molar-refractivity contribution is 7.89. The molecule has 0 radical (unpaired) electrons. The van der Waals surface area contributed by atoms with Crippen LogP contribution in [0.1, 0.15) is 19.8 Å². The van der Waals surface area contributed by atoms with Crippen LogP contribution < -0.4 is 10.9 Å². The van der Waals surface area contributed by atoms with Gasteiger partial charge in [-0.05, 0) is 43.0 Å². The van der Waals surface area contributed by atoms with E-state index in [-0.39, 0.29) is 10.6 Å². The highest BCUT2D eigenvalue weighted by Gasteiger charge is 2.30. The van der Waals surface area contributed by atoms with E-state index in [1.165, 1.54) is 40.8 Å². The van der Waals surface area contributed by atoms with E-state index in [2.05, 4.69) is 12.2 Å². The number of rotatable bonds is 5. The lowest BCUT2D eigenvalue weighted by Crippen LogP contribution is -2.41. The molecule has 0 unspecified atom stereocenters. The molecule has 1 aliphatic heterocycles. The molecule has 9 heteroatoms. The molecular weight excluding hydrogens is 385 g/mol. The summed E-state index contributed by atoms with van der Waals surface area (Å²) in [5, 5.41) is 2.38. The molecule has 2 aromatic rings. The Morgan fingerprint density at radius 1 is 1.18 bits per heavy atom. The molecule has 0 atom stereocenters. The Bertz CT molecular complexity index is 1030. The van der Waals surface area contributed by atoms with Crippen LogP contribution in [0.15, 0.2) is 52.3 Å². The normalized spacial score (nSPS) is 16.1. The van der Waals surface area contributed by atoms with Gasteiger partial charge in [0.15, 0.2) is 0 Å². The SMILES string of the molecule is CC1CCN(S(=O)(=O)c2cccn(CC(=O)Nc3ccccc3F)c2=O)CC1. The maximum absolute atomic E-state index is 13.7. The predicted molar refractivity (Wildman–Crippen MR) is 103 cm³/mol. The monoisotopic (exact) mass is 407 g/mol.